The molecule has 0 aliphatic carbocycles. The largest absolute Gasteiger partial charge is 0.419 e. The molecule has 8 heteroatoms. The molecule has 2 atom stereocenters. The van der Waals surface area contributed by atoms with Gasteiger partial charge in [-0.2, -0.15) is 13.2 Å². The van der Waals surface area contributed by atoms with Crippen molar-refractivity contribution < 1.29 is 26.6 Å². The Bertz CT molecular complexity index is 545. The van der Waals surface area contributed by atoms with Gasteiger partial charge in [-0.1, -0.05) is 6.07 Å². The molecule has 1 N–H and O–H groups in total. The first-order valence-corrected chi connectivity index (χ1v) is 7.82. The lowest BCUT2D eigenvalue weighted by atomic mass is 10.1. The molecule has 0 aliphatic rings. The summed E-state index contributed by atoms with van der Waals surface area (Å²) in [6, 6.07) is 2.13. The molecule has 0 bridgehead atoms. The van der Waals surface area contributed by atoms with Gasteiger partial charge in [-0.3, -0.25) is 9.00 Å². The highest BCUT2D eigenvalue weighted by atomic mass is 32.2. The van der Waals surface area contributed by atoms with E-state index in [0.29, 0.717) is 18.2 Å². The Morgan fingerprint density at radius 1 is 1.38 bits per heavy atom. The fourth-order valence-corrected chi connectivity index (χ4v) is 2.33. The maximum atomic E-state index is 13.8. The van der Waals surface area contributed by atoms with Crippen LogP contribution in [0.2, 0.25) is 0 Å². The van der Waals surface area contributed by atoms with Gasteiger partial charge in [0, 0.05) is 28.9 Å². The molecule has 0 radical (unpaired) electrons. The molecule has 1 aromatic carbocycles. The van der Waals surface area contributed by atoms with Crippen molar-refractivity contribution in [1.82, 2.24) is 5.32 Å². The van der Waals surface area contributed by atoms with Crippen LogP contribution in [0.25, 0.3) is 0 Å². The molecule has 0 fully saturated rings. The van der Waals surface area contributed by atoms with Crippen LogP contribution in [0.3, 0.4) is 0 Å². The monoisotopic (exact) mass is 325 g/mol. The highest BCUT2D eigenvalue weighted by Gasteiger charge is 2.35. The lowest BCUT2D eigenvalue weighted by Crippen LogP contribution is -2.34. The number of benzene rings is 1. The Hall–Kier alpha value is -1.44. The lowest BCUT2D eigenvalue weighted by Gasteiger charge is -2.15. The van der Waals surface area contributed by atoms with Crippen LogP contribution in [0.15, 0.2) is 18.2 Å². The zero-order valence-corrected chi connectivity index (χ0v) is 12.3. The molecule has 0 spiro atoms. The van der Waals surface area contributed by atoms with Crippen LogP contribution in [0.4, 0.5) is 17.6 Å². The summed E-state index contributed by atoms with van der Waals surface area (Å²) in [4.78, 5) is 11.8. The number of carbonyl (C=O) groups is 1. The number of carbonyl (C=O) groups excluding carboxylic acids is 1. The number of rotatable bonds is 5. The van der Waals surface area contributed by atoms with Crippen LogP contribution < -0.4 is 5.32 Å². The molecular formula is C13H15F4NO2S. The zero-order chi connectivity index (χ0) is 16.2. The van der Waals surface area contributed by atoms with Gasteiger partial charge in [0.2, 0.25) is 0 Å². The van der Waals surface area contributed by atoms with Gasteiger partial charge in [0.15, 0.2) is 0 Å². The summed E-state index contributed by atoms with van der Waals surface area (Å²) in [6.45, 7) is 1.61. The second-order valence-electron chi connectivity index (χ2n) is 4.61. The second-order valence-corrected chi connectivity index (χ2v) is 6.16. The van der Waals surface area contributed by atoms with E-state index in [0.717, 1.165) is 12.1 Å². The first-order chi connectivity index (χ1) is 9.62. The molecule has 0 aromatic heterocycles. The van der Waals surface area contributed by atoms with Gasteiger partial charge in [-0.25, -0.2) is 4.39 Å². The molecule has 21 heavy (non-hydrogen) atoms. The first kappa shape index (κ1) is 17.6. The van der Waals surface area contributed by atoms with Gasteiger partial charge in [0.25, 0.3) is 5.91 Å². The number of amides is 1. The summed E-state index contributed by atoms with van der Waals surface area (Å²) in [5.41, 5.74) is -2.13. The third-order valence-corrected chi connectivity index (χ3v) is 3.58. The van der Waals surface area contributed by atoms with Crippen molar-refractivity contribution in [3.05, 3.63) is 35.1 Å². The summed E-state index contributed by atoms with van der Waals surface area (Å²) in [5, 5.41) is 2.39. The van der Waals surface area contributed by atoms with Crippen molar-refractivity contribution in [3.63, 3.8) is 0 Å². The average Bonchev–Trinajstić information content (AvgIpc) is 2.35. The molecule has 2 unspecified atom stereocenters. The summed E-state index contributed by atoms with van der Waals surface area (Å²) in [6.07, 6.45) is -2.97. The normalized spacial score (nSPS) is 14.6. The fraction of sp³-hybridized carbons (Fsp3) is 0.462. The van der Waals surface area contributed by atoms with E-state index in [2.05, 4.69) is 5.32 Å². The molecule has 118 valence electrons. The first-order valence-electron chi connectivity index (χ1n) is 6.09. The van der Waals surface area contributed by atoms with Crippen LogP contribution in [-0.4, -0.2) is 28.2 Å². The van der Waals surface area contributed by atoms with Gasteiger partial charge in [-0.05, 0) is 25.5 Å². The minimum atomic E-state index is -4.86. The summed E-state index contributed by atoms with van der Waals surface area (Å²) < 4.78 is 62.4. The van der Waals surface area contributed by atoms with E-state index in [1.807, 2.05) is 0 Å². The van der Waals surface area contributed by atoms with Crippen molar-refractivity contribution in [3.8, 4) is 0 Å². The Morgan fingerprint density at radius 2 is 2.00 bits per heavy atom. The molecule has 1 rings (SSSR count). The predicted octanol–water partition coefficient (Wildman–Crippen LogP) is 2.73. The molecular weight excluding hydrogens is 310 g/mol. The third-order valence-electron chi connectivity index (χ3n) is 2.76. The van der Waals surface area contributed by atoms with Crippen molar-refractivity contribution in [1.29, 1.82) is 0 Å². The van der Waals surface area contributed by atoms with E-state index in [1.165, 1.54) is 6.26 Å². The topological polar surface area (TPSA) is 46.2 Å². The maximum Gasteiger partial charge on any atom is 0.419 e. The molecule has 0 heterocycles. The number of alkyl halides is 3. The minimum Gasteiger partial charge on any atom is -0.349 e. The Kier molecular flexibility index (Phi) is 5.88. The van der Waals surface area contributed by atoms with Crippen LogP contribution >= 0.6 is 0 Å². The van der Waals surface area contributed by atoms with Gasteiger partial charge in [0.05, 0.1) is 11.1 Å². The quantitative estimate of drug-likeness (QED) is 0.846. The van der Waals surface area contributed by atoms with Gasteiger partial charge in [0.1, 0.15) is 5.82 Å². The predicted molar refractivity (Wildman–Crippen MR) is 71.9 cm³/mol. The molecule has 1 amide bonds. The van der Waals surface area contributed by atoms with E-state index in [9.17, 15) is 26.6 Å². The summed E-state index contributed by atoms with van der Waals surface area (Å²) in [7, 11) is -1.04. The van der Waals surface area contributed by atoms with E-state index in [-0.39, 0.29) is 0 Å². The Morgan fingerprint density at radius 3 is 2.52 bits per heavy atom. The van der Waals surface area contributed by atoms with Crippen LogP contribution in [-0.2, 0) is 17.0 Å². The highest BCUT2D eigenvalue weighted by molar-refractivity contribution is 7.84. The standard InChI is InChI=1S/C13H15F4NO2S/c1-8(6-7-21(2)20)18-12(19)9-4-3-5-10(11(9)14)13(15,16)17/h3-5,8H,6-7H2,1-2H3,(H,18,19). The molecule has 0 saturated carbocycles. The molecule has 0 aliphatic heterocycles. The number of halogens is 4. The SMILES string of the molecule is CC(CCS(C)=O)NC(=O)c1cccc(C(F)(F)F)c1F. The van der Waals surface area contributed by atoms with Crippen LogP contribution in [0.1, 0.15) is 29.3 Å². The van der Waals surface area contributed by atoms with E-state index in [1.54, 1.807) is 6.92 Å². The van der Waals surface area contributed by atoms with Gasteiger partial charge >= 0.3 is 6.18 Å². The fourth-order valence-electron chi connectivity index (χ4n) is 1.64. The average molecular weight is 325 g/mol. The summed E-state index contributed by atoms with van der Waals surface area (Å²) >= 11 is 0. The van der Waals surface area contributed by atoms with E-state index in [4.69, 9.17) is 0 Å². The minimum absolute atomic E-state index is 0.340. The van der Waals surface area contributed by atoms with Gasteiger partial charge in [-0.15, -0.1) is 0 Å². The third kappa shape index (κ3) is 5.11. The van der Waals surface area contributed by atoms with E-state index < -0.39 is 45.9 Å². The zero-order valence-electron chi connectivity index (χ0n) is 11.5. The number of nitrogens with one attached hydrogen (secondary N) is 1. The van der Waals surface area contributed by atoms with Crippen molar-refractivity contribution in [2.45, 2.75) is 25.6 Å². The number of hydrogen-bond donors (Lipinski definition) is 1. The van der Waals surface area contributed by atoms with Crippen molar-refractivity contribution in [2.75, 3.05) is 12.0 Å². The van der Waals surface area contributed by atoms with Gasteiger partial charge < -0.3 is 5.32 Å². The van der Waals surface area contributed by atoms with Crippen molar-refractivity contribution >= 4 is 16.7 Å². The molecule has 1 aromatic rings. The molecule has 0 saturated heterocycles. The van der Waals surface area contributed by atoms with Crippen molar-refractivity contribution in [2.24, 2.45) is 0 Å². The Labute approximate surface area is 122 Å². The van der Waals surface area contributed by atoms with Crippen LogP contribution in [0.5, 0.6) is 0 Å². The number of hydrogen-bond acceptors (Lipinski definition) is 2. The highest BCUT2D eigenvalue weighted by Crippen LogP contribution is 2.32. The smallest absolute Gasteiger partial charge is 0.349 e. The van der Waals surface area contributed by atoms with Crippen LogP contribution in [0, 0.1) is 5.82 Å². The maximum absolute atomic E-state index is 13.8. The molecule has 3 nitrogen and oxygen atoms in total. The van der Waals surface area contributed by atoms with E-state index >= 15 is 0 Å². The Balaban J connectivity index is 2.86. The summed E-state index contributed by atoms with van der Waals surface area (Å²) in [5.74, 6) is -2.17. The second kappa shape index (κ2) is 7.02. The lowest BCUT2D eigenvalue weighted by molar-refractivity contribution is -0.140.